The zero-order valence-corrected chi connectivity index (χ0v) is 11.8. The summed E-state index contributed by atoms with van der Waals surface area (Å²) in [5, 5.41) is 0. The van der Waals surface area contributed by atoms with E-state index < -0.39 is 5.97 Å². The average Bonchev–Trinajstić information content (AvgIpc) is 2.51. The number of rotatable bonds is 2. The van der Waals surface area contributed by atoms with E-state index in [1.807, 2.05) is 0 Å². The molecule has 0 aliphatic heterocycles. The van der Waals surface area contributed by atoms with Crippen molar-refractivity contribution in [3.8, 4) is 5.75 Å². The number of ketones is 2. The van der Waals surface area contributed by atoms with Gasteiger partial charge in [0.05, 0.1) is 0 Å². The Kier molecular flexibility index (Phi) is 3.43. The first-order valence-electron chi connectivity index (χ1n) is 6.75. The topological polar surface area (TPSA) is 60.4 Å². The lowest BCUT2D eigenvalue weighted by atomic mass is 9.86. The molecule has 3 rings (SSSR count). The SMILES string of the molecule is CC(=O)Oc1ccc(C2=CC(=O)c3ccccc3C2=O)cc1. The van der Waals surface area contributed by atoms with Crippen molar-refractivity contribution < 1.29 is 19.1 Å². The third-order valence-electron chi connectivity index (χ3n) is 3.38. The quantitative estimate of drug-likeness (QED) is 0.630. The molecule has 4 heteroatoms. The Balaban J connectivity index is 1.97. The molecule has 22 heavy (non-hydrogen) atoms. The molecule has 0 atom stereocenters. The molecule has 0 aromatic heterocycles. The summed E-state index contributed by atoms with van der Waals surface area (Å²) in [5.74, 6) is -0.388. The molecule has 0 spiro atoms. The van der Waals surface area contributed by atoms with E-state index in [1.54, 1.807) is 48.5 Å². The van der Waals surface area contributed by atoms with Gasteiger partial charge in [0.1, 0.15) is 5.75 Å². The Labute approximate surface area is 127 Å². The highest BCUT2D eigenvalue weighted by atomic mass is 16.5. The zero-order chi connectivity index (χ0) is 15.7. The summed E-state index contributed by atoms with van der Waals surface area (Å²) in [5.41, 5.74) is 1.80. The molecule has 0 N–H and O–H groups in total. The second-order valence-electron chi connectivity index (χ2n) is 4.91. The fraction of sp³-hybridized carbons (Fsp3) is 0.0556. The molecule has 4 nitrogen and oxygen atoms in total. The number of allylic oxidation sites excluding steroid dienone is 2. The zero-order valence-electron chi connectivity index (χ0n) is 11.8. The molecule has 2 aromatic rings. The van der Waals surface area contributed by atoms with Gasteiger partial charge in [0.25, 0.3) is 0 Å². The van der Waals surface area contributed by atoms with Gasteiger partial charge in [-0.15, -0.1) is 0 Å². The first-order valence-corrected chi connectivity index (χ1v) is 6.75. The Bertz CT molecular complexity index is 813. The predicted octanol–water partition coefficient (Wildman–Crippen LogP) is 3.07. The lowest BCUT2D eigenvalue weighted by Gasteiger charge is -2.15. The molecule has 1 aliphatic carbocycles. The number of carbonyl (C=O) groups is 3. The molecule has 0 amide bonds. The second kappa shape index (κ2) is 5.41. The predicted molar refractivity (Wildman–Crippen MR) is 80.8 cm³/mol. The van der Waals surface area contributed by atoms with Crippen molar-refractivity contribution in [2.75, 3.05) is 0 Å². The Morgan fingerprint density at radius 1 is 0.909 bits per heavy atom. The molecular formula is C18H12O4. The summed E-state index contributed by atoms with van der Waals surface area (Å²) >= 11 is 0. The van der Waals surface area contributed by atoms with Gasteiger partial charge in [-0.25, -0.2) is 0 Å². The summed E-state index contributed by atoms with van der Waals surface area (Å²) in [6.45, 7) is 1.32. The average molecular weight is 292 g/mol. The number of ether oxygens (including phenoxy) is 1. The Morgan fingerprint density at radius 3 is 2.18 bits per heavy atom. The fourth-order valence-electron chi connectivity index (χ4n) is 2.40. The van der Waals surface area contributed by atoms with Gasteiger partial charge >= 0.3 is 5.97 Å². The van der Waals surface area contributed by atoms with Crippen molar-refractivity contribution in [3.05, 3.63) is 71.3 Å². The molecule has 0 saturated carbocycles. The van der Waals surface area contributed by atoms with Crippen molar-refractivity contribution >= 4 is 23.1 Å². The summed E-state index contributed by atoms with van der Waals surface area (Å²) in [4.78, 5) is 35.5. The van der Waals surface area contributed by atoms with E-state index in [9.17, 15) is 14.4 Å². The molecule has 0 radical (unpaired) electrons. The van der Waals surface area contributed by atoms with Crippen LogP contribution < -0.4 is 4.74 Å². The van der Waals surface area contributed by atoms with E-state index in [1.165, 1.54) is 13.0 Å². The highest BCUT2D eigenvalue weighted by molar-refractivity contribution is 6.38. The van der Waals surface area contributed by atoms with Crippen LogP contribution in [0.1, 0.15) is 33.2 Å². The molecule has 0 saturated heterocycles. The van der Waals surface area contributed by atoms with Crippen LogP contribution in [0.4, 0.5) is 0 Å². The van der Waals surface area contributed by atoms with Gasteiger partial charge in [-0.2, -0.15) is 0 Å². The molecule has 0 unspecified atom stereocenters. The van der Waals surface area contributed by atoms with Crippen molar-refractivity contribution in [1.29, 1.82) is 0 Å². The van der Waals surface area contributed by atoms with Crippen LogP contribution in [0.2, 0.25) is 0 Å². The van der Waals surface area contributed by atoms with E-state index in [2.05, 4.69) is 0 Å². The smallest absolute Gasteiger partial charge is 0.308 e. The number of benzene rings is 2. The largest absolute Gasteiger partial charge is 0.427 e. The lowest BCUT2D eigenvalue weighted by Crippen LogP contribution is -2.16. The van der Waals surface area contributed by atoms with Gasteiger partial charge in [-0.1, -0.05) is 36.4 Å². The standard InChI is InChI=1S/C18H12O4/c1-11(19)22-13-8-6-12(7-9-13)16-10-17(20)14-4-2-3-5-15(14)18(16)21/h2-10H,1H3. The first-order chi connectivity index (χ1) is 10.6. The molecule has 108 valence electrons. The normalized spacial score (nSPS) is 13.4. The van der Waals surface area contributed by atoms with Crippen molar-refractivity contribution in [1.82, 2.24) is 0 Å². The first kappa shape index (κ1) is 13.9. The minimum atomic E-state index is -0.412. The highest BCUT2D eigenvalue weighted by Crippen LogP contribution is 2.28. The molecule has 0 fully saturated rings. The summed E-state index contributed by atoms with van der Waals surface area (Å²) in [6, 6.07) is 13.3. The molecular weight excluding hydrogens is 280 g/mol. The lowest BCUT2D eigenvalue weighted by molar-refractivity contribution is -0.131. The van der Waals surface area contributed by atoms with E-state index in [0.717, 1.165) is 0 Å². The maximum atomic E-state index is 12.5. The van der Waals surface area contributed by atoms with Crippen LogP contribution >= 0.6 is 0 Å². The van der Waals surface area contributed by atoms with Crippen LogP contribution in [0, 0.1) is 0 Å². The van der Waals surface area contributed by atoms with Crippen LogP contribution in [0.15, 0.2) is 54.6 Å². The third-order valence-corrected chi connectivity index (χ3v) is 3.38. The van der Waals surface area contributed by atoms with Gasteiger partial charge in [0, 0.05) is 23.6 Å². The van der Waals surface area contributed by atoms with Crippen LogP contribution in [-0.2, 0) is 4.79 Å². The van der Waals surface area contributed by atoms with E-state index in [-0.39, 0.29) is 11.6 Å². The molecule has 0 bridgehead atoms. The van der Waals surface area contributed by atoms with E-state index >= 15 is 0 Å². The van der Waals surface area contributed by atoms with E-state index in [0.29, 0.717) is 28.0 Å². The van der Waals surface area contributed by atoms with Crippen LogP contribution in [0.5, 0.6) is 5.75 Å². The Morgan fingerprint density at radius 2 is 1.55 bits per heavy atom. The van der Waals surface area contributed by atoms with Gasteiger partial charge in [0.2, 0.25) is 0 Å². The van der Waals surface area contributed by atoms with Crippen LogP contribution in [0.3, 0.4) is 0 Å². The molecule has 2 aromatic carbocycles. The number of Topliss-reactive ketones (excluding diaryl/α,β-unsaturated/α-hetero) is 1. The summed E-state index contributed by atoms with van der Waals surface area (Å²) in [7, 11) is 0. The van der Waals surface area contributed by atoms with Crippen molar-refractivity contribution in [2.24, 2.45) is 0 Å². The van der Waals surface area contributed by atoms with E-state index in [4.69, 9.17) is 4.74 Å². The van der Waals surface area contributed by atoms with Crippen LogP contribution in [0.25, 0.3) is 5.57 Å². The third kappa shape index (κ3) is 2.46. The molecule has 1 aliphatic rings. The Hall–Kier alpha value is -3.01. The number of carbonyl (C=O) groups excluding carboxylic acids is 3. The van der Waals surface area contributed by atoms with Crippen molar-refractivity contribution in [3.63, 3.8) is 0 Å². The monoisotopic (exact) mass is 292 g/mol. The summed E-state index contributed by atoms with van der Waals surface area (Å²) < 4.78 is 4.95. The van der Waals surface area contributed by atoms with Gasteiger partial charge < -0.3 is 4.74 Å². The number of hydrogen-bond donors (Lipinski definition) is 0. The minimum absolute atomic E-state index is 0.185. The molecule has 0 heterocycles. The van der Waals surface area contributed by atoms with Gasteiger partial charge in [-0.05, 0) is 23.8 Å². The maximum absolute atomic E-state index is 12.5. The maximum Gasteiger partial charge on any atom is 0.308 e. The highest BCUT2D eigenvalue weighted by Gasteiger charge is 2.25. The van der Waals surface area contributed by atoms with Gasteiger partial charge in [-0.3, -0.25) is 14.4 Å². The van der Waals surface area contributed by atoms with Crippen LogP contribution in [-0.4, -0.2) is 17.5 Å². The van der Waals surface area contributed by atoms with Gasteiger partial charge in [0.15, 0.2) is 11.6 Å². The number of esters is 1. The summed E-state index contributed by atoms with van der Waals surface area (Å²) in [6.07, 6.45) is 1.35. The fourth-order valence-corrected chi connectivity index (χ4v) is 2.40. The second-order valence-corrected chi connectivity index (χ2v) is 4.91. The number of hydrogen-bond acceptors (Lipinski definition) is 4. The number of fused-ring (bicyclic) bond motifs is 1. The van der Waals surface area contributed by atoms with Crippen molar-refractivity contribution in [2.45, 2.75) is 6.92 Å². The minimum Gasteiger partial charge on any atom is -0.427 e.